The van der Waals surface area contributed by atoms with E-state index < -0.39 is 5.97 Å². The number of nitrogen functional groups attached to an aromatic ring is 1. The van der Waals surface area contributed by atoms with E-state index in [0.717, 1.165) is 27.8 Å². The van der Waals surface area contributed by atoms with E-state index in [1.807, 2.05) is 19.9 Å². The third-order valence-corrected chi connectivity index (χ3v) is 5.74. The molecule has 0 atom stereocenters. The minimum absolute atomic E-state index is 0.0544. The lowest BCUT2D eigenvalue weighted by atomic mass is 9.95. The van der Waals surface area contributed by atoms with Crippen LogP contribution in [0.25, 0.3) is 22.2 Å². The SMILES string of the molecule is COc1c(CCn2nc(C)c3c(N)ncnc32)cc(Cl)c(C)c1-c1ccnc(C(=O)O)c1. The molecule has 0 unspecified atom stereocenters. The number of carboxylic acid groups (broad SMARTS) is 1. The number of fused-ring (bicyclic) bond motifs is 1. The first-order valence-corrected chi connectivity index (χ1v) is 10.2. The van der Waals surface area contributed by atoms with Crippen LogP contribution in [0.1, 0.15) is 27.3 Å². The summed E-state index contributed by atoms with van der Waals surface area (Å²) in [6, 6.07) is 5.11. The zero-order valence-electron chi connectivity index (χ0n) is 17.8. The number of halogens is 1. The average molecular weight is 453 g/mol. The molecule has 0 spiro atoms. The molecule has 0 aliphatic heterocycles. The summed E-state index contributed by atoms with van der Waals surface area (Å²) >= 11 is 6.55. The van der Waals surface area contributed by atoms with E-state index in [2.05, 4.69) is 20.1 Å². The summed E-state index contributed by atoms with van der Waals surface area (Å²) in [6.07, 6.45) is 3.42. The maximum atomic E-state index is 11.4. The molecule has 0 saturated carbocycles. The second kappa shape index (κ2) is 8.43. The second-order valence-corrected chi connectivity index (χ2v) is 7.71. The van der Waals surface area contributed by atoms with Crippen LogP contribution in [0, 0.1) is 13.8 Å². The maximum Gasteiger partial charge on any atom is 0.354 e. The number of nitrogens with zero attached hydrogens (tertiary/aromatic N) is 5. The Bertz CT molecular complexity index is 1350. The molecular weight excluding hydrogens is 432 g/mol. The number of carbonyl (C=O) groups is 1. The van der Waals surface area contributed by atoms with Crippen LogP contribution in [-0.4, -0.2) is 42.9 Å². The minimum Gasteiger partial charge on any atom is -0.496 e. The summed E-state index contributed by atoms with van der Waals surface area (Å²) in [5.41, 5.74) is 10.4. The predicted octanol–water partition coefficient (Wildman–Crippen LogP) is 3.69. The fourth-order valence-corrected chi connectivity index (χ4v) is 4.07. The minimum atomic E-state index is -1.10. The molecule has 1 aromatic carbocycles. The van der Waals surface area contributed by atoms with Crippen molar-refractivity contribution in [1.29, 1.82) is 0 Å². The van der Waals surface area contributed by atoms with Gasteiger partial charge in [-0.2, -0.15) is 5.10 Å². The van der Waals surface area contributed by atoms with Gasteiger partial charge in [0.2, 0.25) is 0 Å². The average Bonchev–Trinajstić information content (AvgIpc) is 3.10. The summed E-state index contributed by atoms with van der Waals surface area (Å²) in [5, 5.41) is 15.2. The van der Waals surface area contributed by atoms with Crippen molar-refractivity contribution in [2.75, 3.05) is 12.8 Å². The Balaban J connectivity index is 1.77. The van der Waals surface area contributed by atoms with Gasteiger partial charge >= 0.3 is 5.97 Å². The Morgan fingerprint density at radius 1 is 1.25 bits per heavy atom. The van der Waals surface area contributed by atoms with Gasteiger partial charge in [-0.1, -0.05) is 11.6 Å². The smallest absolute Gasteiger partial charge is 0.354 e. The summed E-state index contributed by atoms with van der Waals surface area (Å²) in [6.45, 7) is 4.24. The molecule has 0 fully saturated rings. The van der Waals surface area contributed by atoms with Crippen LogP contribution < -0.4 is 10.5 Å². The monoisotopic (exact) mass is 452 g/mol. The van der Waals surface area contributed by atoms with Crippen LogP contribution in [0.3, 0.4) is 0 Å². The summed E-state index contributed by atoms with van der Waals surface area (Å²) in [7, 11) is 1.58. The first-order chi connectivity index (χ1) is 15.3. The molecule has 0 bridgehead atoms. The molecule has 164 valence electrons. The molecule has 9 nitrogen and oxygen atoms in total. The fourth-order valence-electron chi connectivity index (χ4n) is 3.84. The number of aryl methyl sites for hydroxylation is 3. The van der Waals surface area contributed by atoms with E-state index in [9.17, 15) is 9.90 Å². The van der Waals surface area contributed by atoms with Crippen LogP contribution in [0.5, 0.6) is 5.75 Å². The second-order valence-electron chi connectivity index (χ2n) is 7.30. The summed E-state index contributed by atoms with van der Waals surface area (Å²) in [4.78, 5) is 23.7. The molecule has 3 N–H and O–H groups in total. The van der Waals surface area contributed by atoms with Gasteiger partial charge in [0.15, 0.2) is 5.65 Å². The molecule has 0 aliphatic carbocycles. The van der Waals surface area contributed by atoms with Crippen molar-refractivity contribution >= 4 is 34.4 Å². The number of aromatic nitrogens is 5. The molecule has 0 amide bonds. The lowest BCUT2D eigenvalue weighted by molar-refractivity contribution is 0.0690. The van der Waals surface area contributed by atoms with Gasteiger partial charge in [0.05, 0.1) is 18.2 Å². The topological polar surface area (TPSA) is 129 Å². The molecular formula is C22H21ClN6O3. The number of anilines is 1. The molecule has 32 heavy (non-hydrogen) atoms. The molecule has 0 aliphatic rings. The number of hydrogen-bond donors (Lipinski definition) is 2. The first kappa shape index (κ1) is 21.5. The predicted molar refractivity (Wildman–Crippen MR) is 121 cm³/mol. The number of carboxylic acids is 1. The van der Waals surface area contributed by atoms with Gasteiger partial charge in [0.1, 0.15) is 23.6 Å². The van der Waals surface area contributed by atoms with Crippen molar-refractivity contribution in [3.63, 3.8) is 0 Å². The Labute approximate surface area is 188 Å². The fraction of sp³-hybridized carbons (Fsp3) is 0.227. The number of ether oxygens (including phenoxy) is 1. The van der Waals surface area contributed by atoms with Crippen LogP contribution in [0.15, 0.2) is 30.7 Å². The maximum absolute atomic E-state index is 11.4. The Morgan fingerprint density at radius 2 is 2.03 bits per heavy atom. The molecule has 10 heteroatoms. The Hall–Kier alpha value is -3.72. The van der Waals surface area contributed by atoms with Gasteiger partial charge in [-0.05, 0) is 55.2 Å². The lowest BCUT2D eigenvalue weighted by Gasteiger charge is -2.18. The number of methoxy groups -OCH3 is 1. The van der Waals surface area contributed by atoms with Crippen molar-refractivity contribution in [1.82, 2.24) is 24.7 Å². The van der Waals surface area contributed by atoms with Crippen molar-refractivity contribution in [3.05, 3.63) is 58.3 Å². The number of benzene rings is 1. The van der Waals surface area contributed by atoms with Gasteiger partial charge in [0, 0.05) is 23.3 Å². The van der Waals surface area contributed by atoms with E-state index in [4.69, 9.17) is 22.1 Å². The quantitative estimate of drug-likeness (QED) is 0.453. The number of hydrogen-bond acceptors (Lipinski definition) is 7. The van der Waals surface area contributed by atoms with Gasteiger partial charge < -0.3 is 15.6 Å². The first-order valence-electron chi connectivity index (χ1n) is 9.81. The van der Waals surface area contributed by atoms with Crippen LogP contribution >= 0.6 is 11.6 Å². The zero-order valence-corrected chi connectivity index (χ0v) is 18.5. The van der Waals surface area contributed by atoms with Gasteiger partial charge in [0.25, 0.3) is 0 Å². The third-order valence-electron chi connectivity index (χ3n) is 5.35. The van der Waals surface area contributed by atoms with Crippen molar-refractivity contribution in [3.8, 4) is 16.9 Å². The Morgan fingerprint density at radius 3 is 2.75 bits per heavy atom. The zero-order chi connectivity index (χ0) is 23.0. The molecule has 3 aromatic heterocycles. The highest BCUT2D eigenvalue weighted by molar-refractivity contribution is 6.32. The van der Waals surface area contributed by atoms with Crippen LogP contribution in [0.2, 0.25) is 5.02 Å². The third kappa shape index (κ3) is 3.71. The largest absolute Gasteiger partial charge is 0.496 e. The van der Waals surface area contributed by atoms with E-state index in [1.165, 1.54) is 18.6 Å². The highest BCUT2D eigenvalue weighted by Gasteiger charge is 2.20. The molecule has 3 heterocycles. The van der Waals surface area contributed by atoms with Gasteiger partial charge in [-0.15, -0.1) is 0 Å². The standard InChI is InChI=1S/C22H21ClN6O3/c1-11-15(23)8-14(5-7-29-21-18(12(2)28-29)20(24)26-10-27-21)19(32-3)17(11)13-4-6-25-16(9-13)22(30)31/h4,6,8-10H,5,7H2,1-3H3,(H,30,31)(H2,24,26,27). The van der Waals surface area contributed by atoms with E-state index in [0.29, 0.717) is 40.8 Å². The van der Waals surface area contributed by atoms with E-state index in [1.54, 1.807) is 17.9 Å². The molecule has 0 radical (unpaired) electrons. The van der Waals surface area contributed by atoms with Crippen molar-refractivity contribution in [2.24, 2.45) is 0 Å². The van der Waals surface area contributed by atoms with Crippen LogP contribution in [-0.2, 0) is 13.0 Å². The molecule has 4 rings (SSSR count). The van der Waals surface area contributed by atoms with E-state index >= 15 is 0 Å². The highest BCUT2D eigenvalue weighted by atomic mass is 35.5. The number of nitrogens with two attached hydrogens (primary N) is 1. The normalized spacial score (nSPS) is 11.1. The summed E-state index contributed by atoms with van der Waals surface area (Å²) in [5.74, 6) is -0.0893. The number of aromatic carboxylic acids is 1. The van der Waals surface area contributed by atoms with E-state index in [-0.39, 0.29) is 5.69 Å². The number of rotatable bonds is 6. The highest BCUT2D eigenvalue weighted by Crippen LogP contribution is 2.40. The van der Waals surface area contributed by atoms with Crippen molar-refractivity contribution < 1.29 is 14.6 Å². The lowest BCUT2D eigenvalue weighted by Crippen LogP contribution is -2.07. The molecule has 0 saturated heterocycles. The Kier molecular flexibility index (Phi) is 5.67. The number of pyridine rings is 1. The van der Waals surface area contributed by atoms with Crippen molar-refractivity contribution in [2.45, 2.75) is 26.8 Å². The van der Waals surface area contributed by atoms with Gasteiger partial charge in [-0.25, -0.2) is 24.4 Å². The molecule has 4 aromatic rings. The summed E-state index contributed by atoms with van der Waals surface area (Å²) < 4.78 is 7.55. The van der Waals surface area contributed by atoms with Gasteiger partial charge in [-0.3, -0.25) is 0 Å². The van der Waals surface area contributed by atoms with Crippen LogP contribution in [0.4, 0.5) is 5.82 Å².